The number of hydrogen-bond donors (Lipinski definition) is 4. The number of aliphatic carboxylic acids is 1. The van der Waals surface area contributed by atoms with Crippen LogP contribution in [0.25, 0.3) is 10.4 Å². The summed E-state index contributed by atoms with van der Waals surface area (Å²) in [5.74, 6) is -1.59. The number of amides is 1. The Kier molecular flexibility index (Phi) is 6.86. The molecule has 12 heteroatoms. The number of benzene rings is 1. The number of aromatic nitrogens is 2. The number of nitrogens with two attached hydrogens (primary N) is 1. The molecule has 1 saturated heterocycles. The summed E-state index contributed by atoms with van der Waals surface area (Å²) in [5, 5.41) is 28.7. The molecular formula is C25H28N5O4S3+. The highest BCUT2D eigenvalue weighted by molar-refractivity contribution is 8.13. The van der Waals surface area contributed by atoms with Crippen molar-refractivity contribution in [3.8, 4) is 0 Å². The summed E-state index contributed by atoms with van der Waals surface area (Å²) in [6, 6.07) is 7.88. The molecule has 0 bridgehead atoms. The van der Waals surface area contributed by atoms with Crippen molar-refractivity contribution < 1.29 is 24.4 Å². The fraction of sp³-hybridized carbons (Fsp3) is 0.360. The van der Waals surface area contributed by atoms with Crippen LogP contribution >= 0.6 is 34.9 Å². The molecule has 194 valence electrons. The van der Waals surface area contributed by atoms with Crippen molar-refractivity contribution in [1.82, 2.24) is 9.30 Å². The van der Waals surface area contributed by atoms with Crippen molar-refractivity contribution in [2.24, 2.45) is 17.6 Å². The van der Waals surface area contributed by atoms with E-state index in [1.165, 1.54) is 28.0 Å². The molecule has 0 radical (unpaired) electrons. The highest BCUT2D eigenvalue weighted by Gasteiger charge is 2.60. The van der Waals surface area contributed by atoms with E-state index in [1.807, 2.05) is 42.2 Å². The van der Waals surface area contributed by atoms with Crippen LogP contribution in [0.1, 0.15) is 29.9 Å². The molecule has 4 atom stereocenters. The van der Waals surface area contributed by atoms with E-state index in [4.69, 9.17) is 11.1 Å². The molecule has 0 aliphatic carbocycles. The van der Waals surface area contributed by atoms with Crippen LogP contribution in [0.3, 0.4) is 0 Å². The topological polar surface area (TPSA) is 136 Å². The first-order chi connectivity index (χ1) is 17.6. The van der Waals surface area contributed by atoms with Crippen LogP contribution in [-0.4, -0.2) is 55.0 Å². The second-order valence-electron chi connectivity index (χ2n) is 9.35. The SMILES string of the molecule is CSc1c2sc(C3=C(C(=O)O)N4C(=O)[C@H]([C@@H](C)O)[C@H]4[C@H]3C)cn2c[n+]1Cc1cccc(CSC(=N)N)c1. The first-order valence-electron chi connectivity index (χ1n) is 11.7. The predicted octanol–water partition coefficient (Wildman–Crippen LogP) is 2.84. The van der Waals surface area contributed by atoms with Crippen molar-refractivity contribution in [1.29, 1.82) is 5.41 Å². The molecule has 5 rings (SSSR count). The molecule has 0 spiro atoms. The smallest absolute Gasteiger partial charge is 0.352 e. The van der Waals surface area contributed by atoms with Crippen molar-refractivity contribution in [3.05, 3.63) is 58.5 Å². The summed E-state index contributed by atoms with van der Waals surface area (Å²) in [6.07, 6.45) is 5.14. The van der Waals surface area contributed by atoms with Crippen LogP contribution in [0.2, 0.25) is 0 Å². The normalized spacial score (nSPS) is 21.9. The number of thioether (sulfide) groups is 2. The lowest BCUT2D eigenvalue weighted by atomic mass is 9.77. The highest BCUT2D eigenvalue weighted by atomic mass is 32.2. The number of hydrogen-bond acceptors (Lipinski definition) is 7. The van der Waals surface area contributed by atoms with Gasteiger partial charge in [-0.1, -0.05) is 66.0 Å². The van der Waals surface area contributed by atoms with E-state index < -0.39 is 18.0 Å². The molecule has 4 heterocycles. The number of fused-ring (bicyclic) bond motifs is 2. The number of nitrogens with zero attached hydrogens (tertiary/aromatic N) is 3. The van der Waals surface area contributed by atoms with Crippen LogP contribution < -0.4 is 10.3 Å². The second kappa shape index (κ2) is 9.82. The summed E-state index contributed by atoms with van der Waals surface area (Å²) >= 11 is 4.44. The maximum absolute atomic E-state index is 12.7. The standard InChI is InChI=1S/C25H27N5O4S3/c1-12-17(20(24(33)34)30-19(12)18(13(2)31)21(30)32)16-9-29-11-28(22(35-3)23(29)37-16)8-14-5-4-6-15(7-14)10-36-25(26)27/h4-7,9,11-13,18-19,31H,8,10H2,1-3H3,(H3-,26,27,33,34)/p+1/t12-,13+,18+,19+/m0/s1. The fourth-order valence-electron chi connectivity index (χ4n) is 5.44. The molecular weight excluding hydrogens is 531 g/mol. The van der Waals surface area contributed by atoms with E-state index in [-0.39, 0.29) is 28.7 Å². The van der Waals surface area contributed by atoms with Crippen molar-refractivity contribution in [3.63, 3.8) is 0 Å². The lowest BCUT2D eigenvalue weighted by molar-refractivity contribution is -0.721. The van der Waals surface area contributed by atoms with Gasteiger partial charge in [-0.2, -0.15) is 4.40 Å². The Bertz CT molecular complexity index is 1460. The third kappa shape index (κ3) is 4.35. The van der Waals surface area contributed by atoms with Gasteiger partial charge < -0.3 is 20.8 Å². The number of β-lactam (4-membered cyclic amide) rings is 1. The molecule has 5 N–H and O–H groups in total. The van der Waals surface area contributed by atoms with Gasteiger partial charge in [0.2, 0.25) is 15.8 Å². The molecule has 2 aliphatic heterocycles. The van der Waals surface area contributed by atoms with Crippen LogP contribution in [0.4, 0.5) is 0 Å². The predicted molar refractivity (Wildman–Crippen MR) is 146 cm³/mol. The summed E-state index contributed by atoms with van der Waals surface area (Å²) in [6.45, 7) is 4.19. The number of aliphatic hydroxyl groups is 1. The molecule has 2 aliphatic rings. The maximum Gasteiger partial charge on any atom is 0.352 e. The highest BCUT2D eigenvalue weighted by Crippen LogP contribution is 2.51. The molecule has 1 aromatic carbocycles. The zero-order chi connectivity index (χ0) is 26.6. The van der Waals surface area contributed by atoms with E-state index in [0.717, 1.165) is 25.9 Å². The minimum absolute atomic E-state index is 0.0303. The summed E-state index contributed by atoms with van der Waals surface area (Å²) in [7, 11) is 0. The van der Waals surface area contributed by atoms with Gasteiger partial charge in [0.25, 0.3) is 6.33 Å². The van der Waals surface area contributed by atoms with Gasteiger partial charge in [-0.3, -0.25) is 10.2 Å². The first kappa shape index (κ1) is 25.8. The van der Waals surface area contributed by atoms with Gasteiger partial charge in [-0.05, 0) is 24.3 Å². The lowest BCUT2D eigenvalue weighted by Crippen LogP contribution is -2.63. The van der Waals surface area contributed by atoms with Gasteiger partial charge in [0.1, 0.15) is 18.4 Å². The third-order valence-electron chi connectivity index (χ3n) is 6.98. The average Bonchev–Trinajstić information content (AvgIpc) is 3.44. The van der Waals surface area contributed by atoms with Gasteiger partial charge in [0.05, 0.1) is 22.9 Å². The van der Waals surface area contributed by atoms with Gasteiger partial charge in [0, 0.05) is 17.2 Å². The molecule has 0 saturated carbocycles. The van der Waals surface area contributed by atoms with Crippen LogP contribution in [0.15, 0.2) is 47.5 Å². The number of imidazole rings is 1. The lowest BCUT2D eigenvalue weighted by Gasteiger charge is -2.46. The number of rotatable bonds is 8. The molecule has 1 fully saturated rings. The number of carboxylic acids is 1. The van der Waals surface area contributed by atoms with Crippen molar-refractivity contribution >= 4 is 62.3 Å². The Balaban J connectivity index is 1.48. The molecule has 1 amide bonds. The van der Waals surface area contributed by atoms with Crippen molar-refractivity contribution in [2.75, 3.05) is 6.26 Å². The van der Waals surface area contributed by atoms with E-state index in [0.29, 0.717) is 17.9 Å². The number of carboxylic acid groups (broad SMARTS) is 1. The van der Waals surface area contributed by atoms with E-state index in [2.05, 4.69) is 16.7 Å². The Morgan fingerprint density at radius 3 is 2.73 bits per heavy atom. The molecule has 37 heavy (non-hydrogen) atoms. The van der Waals surface area contributed by atoms with Gasteiger partial charge in [0.15, 0.2) is 5.17 Å². The number of carbonyl (C=O) groups excluding carboxylic acids is 1. The second-order valence-corrected chi connectivity index (χ2v) is 12.2. The number of amidine groups is 1. The van der Waals surface area contributed by atoms with E-state index >= 15 is 0 Å². The quantitative estimate of drug-likeness (QED) is 0.110. The molecule has 2 aromatic heterocycles. The zero-order valence-electron chi connectivity index (χ0n) is 20.5. The van der Waals surface area contributed by atoms with Crippen LogP contribution in [0.5, 0.6) is 0 Å². The monoisotopic (exact) mass is 558 g/mol. The first-order valence-corrected chi connectivity index (χ1v) is 14.8. The molecule has 9 nitrogen and oxygen atoms in total. The van der Waals surface area contributed by atoms with Crippen LogP contribution in [-0.2, 0) is 21.9 Å². The Hall–Kier alpha value is -2.80. The molecule has 0 unspecified atom stereocenters. The van der Waals surface area contributed by atoms with E-state index in [9.17, 15) is 19.8 Å². The number of thiazole rings is 1. The summed E-state index contributed by atoms with van der Waals surface area (Å²) < 4.78 is 4.19. The number of aliphatic hydroxyl groups excluding tert-OH is 1. The summed E-state index contributed by atoms with van der Waals surface area (Å²) in [5.41, 5.74) is 8.39. The van der Waals surface area contributed by atoms with Gasteiger partial charge in [-0.25, -0.2) is 9.36 Å². The number of nitrogens with one attached hydrogen (secondary N) is 1. The maximum atomic E-state index is 12.7. The zero-order valence-corrected chi connectivity index (χ0v) is 23.0. The minimum atomic E-state index is -1.12. The minimum Gasteiger partial charge on any atom is -0.477 e. The Morgan fingerprint density at radius 1 is 1.35 bits per heavy atom. The average molecular weight is 559 g/mol. The van der Waals surface area contributed by atoms with Gasteiger partial charge in [-0.15, -0.1) is 0 Å². The Morgan fingerprint density at radius 2 is 2.08 bits per heavy atom. The third-order valence-corrected chi connectivity index (χ3v) is 9.85. The van der Waals surface area contributed by atoms with Crippen molar-refractivity contribution in [2.45, 2.75) is 43.3 Å². The van der Waals surface area contributed by atoms with Crippen LogP contribution in [0, 0.1) is 17.2 Å². The Labute approximate surface area is 226 Å². The molecule has 3 aromatic rings. The largest absolute Gasteiger partial charge is 0.477 e. The fourth-order valence-corrected chi connectivity index (χ4v) is 8.12. The summed E-state index contributed by atoms with van der Waals surface area (Å²) in [4.78, 5) is 28.1. The van der Waals surface area contributed by atoms with Gasteiger partial charge >= 0.3 is 5.97 Å². The van der Waals surface area contributed by atoms with E-state index in [1.54, 1.807) is 18.7 Å². The number of carbonyl (C=O) groups is 2.